The number of ether oxygens (including phenoxy) is 1. The van der Waals surface area contributed by atoms with Crippen LogP contribution in [-0.4, -0.2) is 57.2 Å². The summed E-state index contributed by atoms with van der Waals surface area (Å²) in [7, 11) is 1.60. The number of fused-ring (bicyclic) bond motifs is 1. The van der Waals surface area contributed by atoms with Gasteiger partial charge in [-0.15, -0.1) is 0 Å². The van der Waals surface area contributed by atoms with Gasteiger partial charge in [0.2, 0.25) is 0 Å². The van der Waals surface area contributed by atoms with Gasteiger partial charge in [-0.1, -0.05) is 57.9 Å². The van der Waals surface area contributed by atoms with Crippen molar-refractivity contribution in [3.63, 3.8) is 0 Å². The Hall–Kier alpha value is -2.28. The maximum Gasteiger partial charge on any atom is 0.255 e. The summed E-state index contributed by atoms with van der Waals surface area (Å²) in [5.41, 5.74) is 2.88. The number of benzene rings is 3. The number of hydrogen-bond acceptors (Lipinski definition) is 4. The van der Waals surface area contributed by atoms with E-state index in [1.807, 2.05) is 42.5 Å². The van der Waals surface area contributed by atoms with Crippen LogP contribution in [0.2, 0.25) is 5.02 Å². The number of rotatable bonds is 6. The lowest BCUT2D eigenvalue weighted by molar-refractivity contribution is 0.0945. The van der Waals surface area contributed by atoms with Crippen molar-refractivity contribution in [1.82, 2.24) is 10.2 Å². The number of piperazine rings is 1. The second-order valence-corrected chi connectivity index (χ2v) is 9.21. The van der Waals surface area contributed by atoms with E-state index in [0.29, 0.717) is 17.9 Å². The molecule has 1 aliphatic heterocycles. The van der Waals surface area contributed by atoms with E-state index in [1.165, 1.54) is 5.69 Å². The van der Waals surface area contributed by atoms with Gasteiger partial charge in [0.05, 0.1) is 12.7 Å². The van der Waals surface area contributed by atoms with E-state index < -0.39 is 0 Å². The van der Waals surface area contributed by atoms with E-state index in [-0.39, 0.29) is 5.91 Å². The first kappa shape index (κ1) is 22.9. The van der Waals surface area contributed by atoms with Gasteiger partial charge in [0.15, 0.2) is 0 Å². The first-order valence-corrected chi connectivity index (χ1v) is 11.9. The molecule has 0 unspecified atom stereocenters. The molecule has 1 fully saturated rings. The fourth-order valence-corrected chi connectivity index (χ4v) is 5.01. The molecule has 0 aliphatic carbocycles. The molecular weight excluding hydrogens is 490 g/mol. The molecule has 0 radical (unpaired) electrons. The van der Waals surface area contributed by atoms with Crippen molar-refractivity contribution in [3.05, 3.63) is 69.2 Å². The number of hydrogen-bond donors (Lipinski definition) is 1. The highest BCUT2D eigenvalue weighted by Gasteiger charge is 2.20. The van der Waals surface area contributed by atoms with E-state index >= 15 is 0 Å². The number of nitrogens with one attached hydrogen (secondary N) is 1. The summed E-state index contributed by atoms with van der Waals surface area (Å²) in [4.78, 5) is 17.7. The van der Waals surface area contributed by atoms with Crippen molar-refractivity contribution in [2.45, 2.75) is 6.92 Å². The first-order chi connectivity index (χ1) is 15.5. The molecule has 4 rings (SSSR count). The van der Waals surface area contributed by atoms with Gasteiger partial charge in [-0.25, -0.2) is 0 Å². The van der Waals surface area contributed by atoms with Crippen molar-refractivity contribution in [2.75, 3.05) is 51.3 Å². The minimum absolute atomic E-state index is 0.124. The topological polar surface area (TPSA) is 44.8 Å². The Morgan fingerprint density at radius 2 is 1.81 bits per heavy atom. The number of nitrogens with zero attached hydrogens (tertiary/aromatic N) is 2. The molecule has 0 saturated carbocycles. The minimum Gasteiger partial charge on any atom is -0.495 e. The Labute approximate surface area is 202 Å². The van der Waals surface area contributed by atoms with Gasteiger partial charge in [-0.3, -0.25) is 9.69 Å². The Balaban J connectivity index is 1.34. The fourth-order valence-electron chi connectivity index (χ4n) is 4.27. The van der Waals surface area contributed by atoms with E-state index in [0.717, 1.165) is 58.6 Å². The fraction of sp³-hybridized carbons (Fsp3) is 0.320. The van der Waals surface area contributed by atoms with Crippen LogP contribution in [0.25, 0.3) is 10.8 Å². The molecule has 1 saturated heterocycles. The highest BCUT2D eigenvalue weighted by molar-refractivity contribution is 9.10. The third-order valence-electron chi connectivity index (χ3n) is 6.06. The molecule has 0 aromatic heterocycles. The monoisotopic (exact) mass is 515 g/mol. The smallest absolute Gasteiger partial charge is 0.255 e. The summed E-state index contributed by atoms with van der Waals surface area (Å²) in [5, 5.41) is 5.81. The molecule has 3 aromatic carbocycles. The SMILES string of the molecule is COc1c(C(=O)NCCN2CCN(c3cccc(Cl)c3C)CC2)cc(Br)c2ccccc12. The van der Waals surface area contributed by atoms with E-state index in [2.05, 4.69) is 44.0 Å². The Morgan fingerprint density at radius 1 is 1.09 bits per heavy atom. The Morgan fingerprint density at radius 3 is 2.53 bits per heavy atom. The van der Waals surface area contributed by atoms with Crippen LogP contribution in [0.15, 0.2) is 53.0 Å². The quantitative estimate of drug-likeness (QED) is 0.494. The van der Waals surface area contributed by atoms with Crippen LogP contribution < -0.4 is 15.0 Å². The van der Waals surface area contributed by atoms with Gasteiger partial charge < -0.3 is 15.0 Å². The molecule has 3 aromatic rings. The highest BCUT2D eigenvalue weighted by atomic mass is 79.9. The van der Waals surface area contributed by atoms with E-state index in [4.69, 9.17) is 16.3 Å². The Kier molecular flexibility index (Phi) is 7.23. The van der Waals surface area contributed by atoms with Crippen LogP contribution >= 0.6 is 27.5 Å². The summed E-state index contributed by atoms with van der Waals surface area (Å²) in [5.74, 6) is 0.480. The molecule has 0 spiro atoms. The average molecular weight is 517 g/mol. The molecule has 168 valence electrons. The molecule has 0 atom stereocenters. The third kappa shape index (κ3) is 4.72. The van der Waals surface area contributed by atoms with Gasteiger partial charge >= 0.3 is 0 Å². The maximum atomic E-state index is 12.9. The molecule has 1 heterocycles. The summed E-state index contributed by atoms with van der Waals surface area (Å²) < 4.78 is 6.48. The maximum absolute atomic E-state index is 12.9. The second kappa shape index (κ2) is 10.1. The predicted molar refractivity (Wildman–Crippen MR) is 135 cm³/mol. The van der Waals surface area contributed by atoms with Crippen molar-refractivity contribution >= 4 is 49.9 Å². The van der Waals surface area contributed by atoms with Gasteiger partial charge in [-0.05, 0) is 36.1 Å². The van der Waals surface area contributed by atoms with E-state index in [1.54, 1.807) is 7.11 Å². The summed E-state index contributed by atoms with van der Waals surface area (Å²) >= 11 is 9.87. The average Bonchev–Trinajstić information content (AvgIpc) is 2.81. The van der Waals surface area contributed by atoms with Gasteiger partial charge in [0.25, 0.3) is 5.91 Å². The standard InChI is InChI=1S/C25H27BrClN3O2/c1-17-22(27)8-5-9-23(17)30-14-12-29(13-15-30)11-10-28-25(31)20-16-21(26)18-6-3-4-7-19(18)24(20)32-2/h3-9,16H,10-15H2,1-2H3,(H,28,31). The molecule has 1 N–H and O–H groups in total. The normalized spacial score (nSPS) is 14.6. The molecule has 1 amide bonds. The number of amides is 1. The molecule has 7 heteroatoms. The number of carbonyl (C=O) groups is 1. The summed E-state index contributed by atoms with van der Waals surface area (Å²) in [6.07, 6.45) is 0. The highest BCUT2D eigenvalue weighted by Crippen LogP contribution is 2.35. The van der Waals surface area contributed by atoms with E-state index in [9.17, 15) is 4.79 Å². The van der Waals surface area contributed by atoms with Crippen LogP contribution in [0.5, 0.6) is 5.75 Å². The largest absolute Gasteiger partial charge is 0.495 e. The lowest BCUT2D eigenvalue weighted by Crippen LogP contribution is -2.48. The lowest BCUT2D eigenvalue weighted by Gasteiger charge is -2.37. The van der Waals surface area contributed by atoms with Crippen molar-refractivity contribution in [2.24, 2.45) is 0 Å². The number of anilines is 1. The lowest BCUT2D eigenvalue weighted by atomic mass is 10.0. The van der Waals surface area contributed by atoms with Crippen molar-refractivity contribution in [1.29, 1.82) is 0 Å². The van der Waals surface area contributed by atoms with Gasteiger partial charge in [0.1, 0.15) is 5.75 Å². The summed E-state index contributed by atoms with van der Waals surface area (Å²) in [6, 6.07) is 15.8. The zero-order valence-corrected chi connectivity index (χ0v) is 20.7. The Bertz CT molecular complexity index is 1130. The second-order valence-electron chi connectivity index (χ2n) is 7.95. The van der Waals surface area contributed by atoms with Crippen molar-refractivity contribution < 1.29 is 9.53 Å². The molecular formula is C25H27BrClN3O2. The molecule has 0 bridgehead atoms. The third-order valence-corrected chi connectivity index (χ3v) is 7.12. The zero-order valence-electron chi connectivity index (χ0n) is 18.3. The summed E-state index contributed by atoms with van der Waals surface area (Å²) in [6.45, 7) is 7.26. The minimum atomic E-state index is -0.124. The number of carbonyl (C=O) groups excluding carboxylic acids is 1. The molecule has 1 aliphatic rings. The predicted octanol–water partition coefficient (Wildman–Crippen LogP) is 5.12. The van der Waals surface area contributed by atoms with Crippen molar-refractivity contribution in [3.8, 4) is 5.75 Å². The number of methoxy groups -OCH3 is 1. The van der Waals surface area contributed by atoms with Gasteiger partial charge in [0, 0.05) is 59.8 Å². The van der Waals surface area contributed by atoms with Crippen LogP contribution in [0.4, 0.5) is 5.69 Å². The van der Waals surface area contributed by atoms with Crippen LogP contribution in [0.1, 0.15) is 15.9 Å². The van der Waals surface area contributed by atoms with Crippen LogP contribution in [0, 0.1) is 6.92 Å². The van der Waals surface area contributed by atoms with Crippen LogP contribution in [0.3, 0.4) is 0 Å². The zero-order chi connectivity index (χ0) is 22.7. The number of halogens is 2. The van der Waals surface area contributed by atoms with Crippen LogP contribution in [-0.2, 0) is 0 Å². The molecule has 5 nitrogen and oxygen atoms in total. The van der Waals surface area contributed by atoms with Gasteiger partial charge in [-0.2, -0.15) is 0 Å². The molecule has 32 heavy (non-hydrogen) atoms. The first-order valence-electron chi connectivity index (χ1n) is 10.8.